The standard InChI is InChI=1S/C25H54BNO5Si2/c1-24(2,3)33(8,9)31-20-21(27-26(7)28)22(32-34(10,11)25(4,5)6)16-12-14-18-29-23-17-13-15-19-30-23/h12,16,21-23,27-28H,13-15,17-20H2,1-11H3/b16-12+/t21-,22-,23?/m1/s1. The zero-order valence-electron chi connectivity index (χ0n) is 24.0. The van der Waals surface area contributed by atoms with E-state index in [1.54, 1.807) is 6.82 Å². The Bertz CT molecular complexity index is 611. The molecule has 0 saturated carbocycles. The lowest BCUT2D eigenvalue weighted by Gasteiger charge is -2.42. The second kappa shape index (κ2) is 13.5. The average Bonchev–Trinajstić information content (AvgIpc) is 2.68. The molecule has 1 fully saturated rings. The van der Waals surface area contributed by atoms with Crippen LogP contribution in [0.5, 0.6) is 0 Å². The lowest BCUT2D eigenvalue weighted by molar-refractivity contribution is -0.161. The van der Waals surface area contributed by atoms with Gasteiger partial charge in [-0.25, -0.2) is 0 Å². The Morgan fingerprint density at radius 1 is 1.06 bits per heavy atom. The smallest absolute Gasteiger partial charge is 0.373 e. The van der Waals surface area contributed by atoms with Crippen molar-refractivity contribution in [3.8, 4) is 0 Å². The molecular weight excluding hydrogens is 461 g/mol. The summed E-state index contributed by atoms with van der Waals surface area (Å²) in [6.07, 6.45) is 8.08. The Morgan fingerprint density at radius 3 is 2.18 bits per heavy atom. The first-order chi connectivity index (χ1) is 15.5. The first-order valence-corrected chi connectivity index (χ1v) is 18.9. The van der Waals surface area contributed by atoms with Gasteiger partial charge in [0.1, 0.15) is 0 Å². The van der Waals surface area contributed by atoms with E-state index >= 15 is 0 Å². The van der Waals surface area contributed by atoms with Crippen molar-refractivity contribution in [2.75, 3.05) is 19.8 Å². The van der Waals surface area contributed by atoms with E-state index in [1.807, 2.05) is 0 Å². The fourth-order valence-corrected chi connectivity index (χ4v) is 5.48. The Kier molecular flexibility index (Phi) is 12.7. The molecule has 1 unspecified atom stereocenters. The minimum absolute atomic E-state index is 0.0657. The minimum Gasteiger partial charge on any atom is -0.437 e. The molecule has 6 nitrogen and oxygen atoms in total. The molecule has 0 aliphatic carbocycles. The van der Waals surface area contributed by atoms with Crippen LogP contribution in [0.25, 0.3) is 0 Å². The van der Waals surface area contributed by atoms with Gasteiger partial charge in [-0.1, -0.05) is 53.7 Å². The summed E-state index contributed by atoms with van der Waals surface area (Å²) in [4.78, 5) is 0. The van der Waals surface area contributed by atoms with Crippen molar-refractivity contribution in [1.82, 2.24) is 5.23 Å². The van der Waals surface area contributed by atoms with Gasteiger partial charge in [-0.3, -0.25) is 0 Å². The van der Waals surface area contributed by atoms with Crippen molar-refractivity contribution in [3.05, 3.63) is 12.2 Å². The van der Waals surface area contributed by atoms with Crippen LogP contribution >= 0.6 is 0 Å². The molecule has 0 aromatic heterocycles. The van der Waals surface area contributed by atoms with E-state index in [0.29, 0.717) is 13.2 Å². The molecule has 1 heterocycles. The van der Waals surface area contributed by atoms with Gasteiger partial charge in [0.2, 0.25) is 0 Å². The third-order valence-electron chi connectivity index (χ3n) is 7.57. The maximum absolute atomic E-state index is 10.2. The highest BCUT2D eigenvalue weighted by Gasteiger charge is 2.42. The van der Waals surface area contributed by atoms with Crippen molar-refractivity contribution < 1.29 is 23.3 Å². The van der Waals surface area contributed by atoms with Crippen molar-refractivity contribution in [2.24, 2.45) is 0 Å². The Labute approximate surface area is 212 Å². The van der Waals surface area contributed by atoms with E-state index in [4.69, 9.17) is 18.3 Å². The molecule has 200 valence electrons. The predicted molar refractivity (Wildman–Crippen MR) is 149 cm³/mol. The molecule has 1 aliphatic heterocycles. The van der Waals surface area contributed by atoms with Gasteiger partial charge in [0, 0.05) is 6.61 Å². The van der Waals surface area contributed by atoms with Crippen LogP contribution < -0.4 is 5.23 Å². The molecule has 0 radical (unpaired) electrons. The summed E-state index contributed by atoms with van der Waals surface area (Å²) in [5.41, 5.74) is 0. The van der Waals surface area contributed by atoms with E-state index in [9.17, 15) is 5.02 Å². The summed E-state index contributed by atoms with van der Waals surface area (Å²) in [5, 5.41) is 13.7. The largest absolute Gasteiger partial charge is 0.437 e. The summed E-state index contributed by atoms with van der Waals surface area (Å²) in [5.74, 6) is 0. The van der Waals surface area contributed by atoms with Crippen LogP contribution in [0.15, 0.2) is 12.2 Å². The number of hydrogen-bond donors (Lipinski definition) is 2. The lowest BCUT2D eigenvalue weighted by atomic mass is 9.86. The van der Waals surface area contributed by atoms with Gasteiger partial charge < -0.3 is 28.6 Å². The average molecular weight is 516 g/mol. The first kappa shape index (κ1) is 32.0. The second-order valence-electron chi connectivity index (χ2n) is 12.7. The molecule has 1 saturated heterocycles. The second-order valence-corrected chi connectivity index (χ2v) is 22.3. The third kappa shape index (κ3) is 10.9. The molecule has 34 heavy (non-hydrogen) atoms. The van der Waals surface area contributed by atoms with Crippen LogP contribution in [0, 0.1) is 0 Å². The quantitative estimate of drug-likeness (QED) is 0.179. The number of nitrogens with one attached hydrogen (secondary N) is 1. The fourth-order valence-electron chi connectivity index (χ4n) is 3.18. The molecule has 0 amide bonds. The number of ether oxygens (including phenoxy) is 2. The van der Waals surface area contributed by atoms with Gasteiger partial charge in [-0.15, -0.1) is 0 Å². The minimum atomic E-state index is -2.06. The van der Waals surface area contributed by atoms with Crippen molar-refractivity contribution >= 4 is 23.7 Å². The van der Waals surface area contributed by atoms with Crippen LogP contribution in [-0.4, -0.2) is 67.0 Å². The van der Waals surface area contributed by atoms with Crippen LogP contribution in [0.3, 0.4) is 0 Å². The van der Waals surface area contributed by atoms with Crippen molar-refractivity contribution in [2.45, 2.75) is 129 Å². The van der Waals surface area contributed by atoms with E-state index in [0.717, 1.165) is 25.9 Å². The van der Waals surface area contributed by atoms with Gasteiger partial charge in [0.25, 0.3) is 0 Å². The summed E-state index contributed by atoms with van der Waals surface area (Å²) in [6.45, 7) is 26.2. The zero-order chi connectivity index (χ0) is 26.2. The summed E-state index contributed by atoms with van der Waals surface area (Å²) in [6, 6.07) is -0.151. The molecule has 1 aliphatic rings. The highest BCUT2D eigenvalue weighted by Crippen LogP contribution is 2.39. The van der Waals surface area contributed by atoms with Gasteiger partial charge in [-0.2, -0.15) is 0 Å². The Morgan fingerprint density at radius 2 is 1.68 bits per heavy atom. The van der Waals surface area contributed by atoms with Gasteiger partial charge in [-0.05, 0) is 68.8 Å². The Hall–Kier alpha value is -0.00130. The normalized spacial score (nSPS) is 20.5. The Balaban J connectivity index is 2.97. The summed E-state index contributed by atoms with van der Waals surface area (Å²) in [7, 11) is -4.66. The van der Waals surface area contributed by atoms with Crippen LogP contribution in [-0.2, 0) is 18.3 Å². The zero-order valence-corrected chi connectivity index (χ0v) is 26.0. The topological polar surface area (TPSA) is 69.2 Å². The highest BCUT2D eigenvalue weighted by atomic mass is 28.4. The molecule has 3 atom stereocenters. The van der Waals surface area contributed by atoms with Crippen LogP contribution in [0.4, 0.5) is 0 Å². The van der Waals surface area contributed by atoms with Crippen LogP contribution in [0.1, 0.15) is 67.2 Å². The number of hydrogen-bond acceptors (Lipinski definition) is 6. The van der Waals surface area contributed by atoms with Gasteiger partial charge in [0.15, 0.2) is 22.9 Å². The molecule has 9 heteroatoms. The SMILES string of the molecule is CB(O)N[C@H](CO[Si](C)(C)C(C)(C)C)[C@@H](/C=C/CCOC1CCCCO1)O[Si](C)(C)C(C)(C)C. The van der Waals surface area contributed by atoms with E-state index < -0.39 is 23.7 Å². The molecule has 0 aromatic rings. The number of rotatable bonds is 13. The van der Waals surface area contributed by atoms with E-state index in [-0.39, 0.29) is 28.5 Å². The van der Waals surface area contributed by atoms with Crippen molar-refractivity contribution in [1.29, 1.82) is 0 Å². The van der Waals surface area contributed by atoms with Crippen molar-refractivity contribution in [3.63, 3.8) is 0 Å². The predicted octanol–water partition coefficient (Wildman–Crippen LogP) is 5.96. The molecular formula is C25H54BNO5Si2. The summed E-state index contributed by atoms with van der Waals surface area (Å²) < 4.78 is 25.0. The lowest BCUT2D eigenvalue weighted by Crippen LogP contribution is -2.56. The molecule has 1 rings (SSSR count). The molecule has 0 spiro atoms. The highest BCUT2D eigenvalue weighted by molar-refractivity contribution is 6.74. The maximum Gasteiger partial charge on any atom is 0.373 e. The van der Waals surface area contributed by atoms with Gasteiger partial charge >= 0.3 is 7.05 Å². The molecule has 0 bridgehead atoms. The monoisotopic (exact) mass is 515 g/mol. The fraction of sp³-hybridized carbons (Fsp3) is 0.920. The van der Waals surface area contributed by atoms with Crippen LogP contribution in [0.2, 0.25) is 43.1 Å². The maximum atomic E-state index is 10.2. The molecule has 0 aromatic carbocycles. The summed E-state index contributed by atoms with van der Waals surface area (Å²) >= 11 is 0. The first-order valence-electron chi connectivity index (χ1n) is 13.1. The molecule has 2 N–H and O–H groups in total. The van der Waals surface area contributed by atoms with E-state index in [2.05, 4.69) is 85.1 Å². The third-order valence-corrected chi connectivity index (χ3v) is 16.5. The van der Waals surface area contributed by atoms with Gasteiger partial charge in [0.05, 0.1) is 25.4 Å². The van der Waals surface area contributed by atoms with E-state index in [1.165, 1.54) is 6.42 Å².